The molecule has 0 aliphatic heterocycles. The zero-order valence-electron chi connectivity index (χ0n) is 14.2. The van der Waals surface area contributed by atoms with E-state index in [1.807, 2.05) is 32.9 Å². The third-order valence-electron chi connectivity index (χ3n) is 3.72. The Morgan fingerprint density at radius 3 is 2.21 bits per heavy atom. The summed E-state index contributed by atoms with van der Waals surface area (Å²) in [6.45, 7) is 5.28. The van der Waals surface area contributed by atoms with E-state index in [1.54, 1.807) is 0 Å². The van der Waals surface area contributed by atoms with Gasteiger partial charge in [-0.2, -0.15) is 0 Å². The minimum Gasteiger partial charge on any atom is -0.507 e. The number of aryl methyl sites for hydroxylation is 3. The molecule has 0 aromatic heterocycles. The summed E-state index contributed by atoms with van der Waals surface area (Å²) in [5, 5.41) is 9.83. The predicted molar refractivity (Wildman–Crippen MR) is 89.9 cm³/mol. The van der Waals surface area contributed by atoms with E-state index in [0.717, 1.165) is 16.7 Å². The van der Waals surface area contributed by atoms with Crippen LogP contribution in [0.25, 0.3) is 0 Å². The van der Waals surface area contributed by atoms with E-state index in [2.05, 4.69) is 0 Å². The molecule has 0 fully saturated rings. The SMILES string of the molecule is COc1ccc(C(=O)OCC(=O)c2c(C)cc(C)cc2C)c(O)c1. The van der Waals surface area contributed by atoms with Crippen LogP contribution in [0.4, 0.5) is 0 Å². The lowest BCUT2D eigenvalue weighted by molar-refractivity contribution is 0.0471. The maximum absolute atomic E-state index is 12.4. The molecule has 126 valence electrons. The Kier molecular flexibility index (Phi) is 5.24. The molecular formula is C19H20O5. The molecular weight excluding hydrogens is 308 g/mol. The normalized spacial score (nSPS) is 10.3. The van der Waals surface area contributed by atoms with Gasteiger partial charge >= 0.3 is 5.97 Å². The van der Waals surface area contributed by atoms with Crippen molar-refractivity contribution >= 4 is 11.8 Å². The number of esters is 1. The molecule has 2 aromatic carbocycles. The fourth-order valence-corrected chi connectivity index (χ4v) is 2.71. The van der Waals surface area contributed by atoms with Gasteiger partial charge in [-0.05, 0) is 44.0 Å². The summed E-state index contributed by atoms with van der Waals surface area (Å²) >= 11 is 0. The van der Waals surface area contributed by atoms with Crippen molar-refractivity contribution in [2.45, 2.75) is 20.8 Å². The van der Waals surface area contributed by atoms with E-state index in [4.69, 9.17) is 9.47 Å². The first-order chi connectivity index (χ1) is 11.3. The smallest absolute Gasteiger partial charge is 0.342 e. The molecule has 0 amide bonds. The van der Waals surface area contributed by atoms with Crippen LogP contribution < -0.4 is 4.74 Å². The number of phenols is 1. The van der Waals surface area contributed by atoms with Crippen molar-refractivity contribution in [3.63, 3.8) is 0 Å². The Labute approximate surface area is 140 Å². The first kappa shape index (κ1) is 17.5. The number of rotatable bonds is 5. The maximum atomic E-state index is 12.4. The van der Waals surface area contributed by atoms with Gasteiger partial charge in [-0.25, -0.2) is 4.79 Å². The van der Waals surface area contributed by atoms with Crippen molar-refractivity contribution in [2.24, 2.45) is 0 Å². The van der Waals surface area contributed by atoms with Crippen molar-refractivity contribution in [2.75, 3.05) is 13.7 Å². The fraction of sp³-hybridized carbons (Fsp3) is 0.263. The Balaban J connectivity index is 2.11. The van der Waals surface area contributed by atoms with E-state index in [1.165, 1.54) is 25.3 Å². The number of methoxy groups -OCH3 is 1. The molecule has 0 bridgehead atoms. The number of carbonyl (C=O) groups is 2. The molecule has 0 aliphatic carbocycles. The van der Waals surface area contributed by atoms with Gasteiger partial charge in [0.05, 0.1) is 7.11 Å². The third-order valence-corrected chi connectivity index (χ3v) is 3.72. The number of hydrogen-bond acceptors (Lipinski definition) is 5. The minimum atomic E-state index is -0.758. The highest BCUT2D eigenvalue weighted by molar-refractivity contribution is 6.02. The average molecular weight is 328 g/mol. The summed E-state index contributed by atoms with van der Waals surface area (Å²) in [5.41, 5.74) is 3.32. The third kappa shape index (κ3) is 3.74. The van der Waals surface area contributed by atoms with Crippen molar-refractivity contribution < 1.29 is 24.2 Å². The van der Waals surface area contributed by atoms with Crippen LogP contribution in [0.1, 0.15) is 37.4 Å². The molecule has 2 rings (SSSR count). The Hall–Kier alpha value is -2.82. The lowest BCUT2D eigenvalue weighted by Gasteiger charge is -2.11. The van der Waals surface area contributed by atoms with E-state index < -0.39 is 5.97 Å². The predicted octanol–water partition coefficient (Wildman–Crippen LogP) is 3.37. The highest BCUT2D eigenvalue weighted by Crippen LogP contribution is 2.24. The van der Waals surface area contributed by atoms with Crippen LogP contribution in [0.2, 0.25) is 0 Å². The summed E-state index contributed by atoms with van der Waals surface area (Å²) in [4.78, 5) is 24.4. The number of carbonyl (C=O) groups excluding carboxylic acids is 2. The number of ether oxygens (including phenoxy) is 2. The summed E-state index contributed by atoms with van der Waals surface area (Å²) in [6.07, 6.45) is 0. The van der Waals surface area contributed by atoms with Gasteiger partial charge in [0.1, 0.15) is 17.1 Å². The Morgan fingerprint density at radius 1 is 1.04 bits per heavy atom. The van der Waals surface area contributed by atoms with E-state index in [0.29, 0.717) is 11.3 Å². The molecule has 2 aromatic rings. The van der Waals surface area contributed by atoms with Crippen molar-refractivity contribution in [3.05, 3.63) is 58.1 Å². The van der Waals surface area contributed by atoms with E-state index in [-0.39, 0.29) is 23.7 Å². The molecule has 5 nitrogen and oxygen atoms in total. The molecule has 0 saturated carbocycles. The van der Waals surface area contributed by atoms with Gasteiger partial charge in [0.15, 0.2) is 6.61 Å². The fourth-order valence-electron chi connectivity index (χ4n) is 2.71. The highest BCUT2D eigenvalue weighted by Gasteiger charge is 2.18. The van der Waals surface area contributed by atoms with Crippen LogP contribution in [-0.4, -0.2) is 30.6 Å². The molecule has 0 radical (unpaired) electrons. The molecule has 0 aliphatic rings. The van der Waals surface area contributed by atoms with Crippen molar-refractivity contribution in [3.8, 4) is 11.5 Å². The number of aromatic hydroxyl groups is 1. The molecule has 0 saturated heterocycles. The standard InChI is InChI=1S/C19H20O5/c1-11-7-12(2)18(13(3)8-11)17(21)10-24-19(22)15-6-5-14(23-4)9-16(15)20/h5-9,20H,10H2,1-4H3. The van der Waals surface area contributed by atoms with Crippen LogP contribution in [-0.2, 0) is 4.74 Å². The molecule has 0 unspecified atom stereocenters. The molecule has 5 heteroatoms. The number of benzene rings is 2. The van der Waals surface area contributed by atoms with Crippen LogP contribution in [0, 0.1) is 20.8 Å². The van der Waals surface area contributed by atoms with Gasteiger partial charge in [0, 0.05) is 11.6 Å². The lowest BCUT2D eigenvalue weighted by Crippen LogP contribution is -2.16. The lowest BCUT2D eigenvalue weighted by atomic mass is 9.97. The van der Waals surface area contributed by atoms with Gasteiger partial charge < -0.3 is 14.6 Å². The number of hydrogen-bond donors (Lipinski definition) is 1. The summed E-state index contributed by atoms with van der Waals surface area (Å²) in [7, 11) is 1.46. The largest absolute Gasteiger partial charge is 0.507 e. The second-order valence-corrected chi connectivity index (χ2v) is 5.66. The number of ketones is 1. The quantitative estimate of drug-likeness (QED) is 0.673. The van der Waals surface area contributed by atoms with Crippen LogP contribution >= 0.6 is 0 Å². The molecule has 0 heterocycles. The summed E-state index contributed by atoms with van der Waals surface area (Å²) < 4.78 is 10.0. The molecule has 0 atom stereocenters. The van der Waals surface area contributed by atoms with Crippen LogP contribution in [0.3, 0.4) is 0 Å². The first-order valence-corrected chi connectivity index (χ1v) is 7.48. The van der Waals surface area contributed by atoms with Gasteiger partial charge in [0.25, 0.3) is 0 Å². The Morgan fingerprint density at radius 2 is 1.67 bits per heavy atom. The molecule has 1 N–H and O–H groups in total. The van der Waals surface area contributed by atoms with Gasteiger partial charge in [-0.3, -0.25) is 4.79 Å². The van der Waals surface area contributed by atoms with Crippen molar-refractivity contribution in [1.29, 1.82) is 0 Å². The first-order valence-electron chi connectivity index (χ1n) is 7.48. The van der Waals surface area contributed by atoms with Crippen molar-refractivity contribution in [1.82, 2.24) is 0 Å². The zero-order chi connectivity index (χ0) is 17.9. The van der Waals surface area contributed by atoms with Gasteiger partial charge in [-0.1, -0.05) is 17.7 Å². The van der Waals surface area contributed by atoms with E-state index in [9.17, 15) is 14.7 Å². The second kappa shape index (κ2) is 7.17. The average Bonchev–Trinajstić information content (AvgIpc) is 2.51. The van der Waals surface area contributed by atoms with Crippen LogP contribution in [0.15, 0.2) is 30.3 Å². The zero-order valence-corrected chi connectivity index (χ0v) is 14.2. The van der Waals surface area contributed by atoms with E-state index >= 15 is 0 Å². The monoisotopic (exact) mass is 328 g/mol. The summed E-state index contributed by atoms with van der Waals surface area (Å²) in [5.74, 6) is -0.863. The molecule has 0 spiro atoms. The summed E-state index contributed by atoms with van der Waals surface area (Å²) in [6, 6.07) is 8.07. The highest BCUT2D eigenvalue weighted by atomic mass is 16.5. The maximum Gasteiger partial charge on any atom is 0.342 e. The second-order valence-electron chi connectivity index (χ2n) is 5.66. The number of Topliss-reactive ketones (excluding diaryl/α,β-unsaturated/α-hetero) is 1. The van der Waals surface area contributed by atoms with Crippen LogP contribution in [0.5, 0.6) is 11.5 Å². The topological polar surface area (TPSA) is 72.8 Å². The van der Waals surface area contributed by atoms with Gasteiger partial charge in [-0.15, -0.1) is 0 Å². The number of phenolic OH excluding ortho intramolecular Hbond substituents is 1. The minimum absolute atomic E-state index is 0.0130. The molecule has 24 heavy (non-hydrogen) atoms. The Bertz CT molecular complexity index is 769. The van der Waals surface area contributed by atoms with Gasteiger partial charge in [0.2, 0.25) is 5.78 Å².